The van der Waals surface area contributed by atoms with E-state index in [0.717, 1.165) is 29.3 Å². The van der Waals surface area contributed by atoms with Crippen LogP contribution in [0.4, 0.5) is 8.78 Å². The summed E-state index contributed by atoms with van der Waals surface area (Å²) in [7, 11) is 0. The monoisotopic (exact) mass is 350 g/mol. The molecule has 2 nitrogen and oxygen atoms in total. The Kier molecular flexibility index (Phi) is 5.54. The van der Waals surface area contributed by atoms with Crippen molar-refractivity contribution in [2.45, 2.75) is 6.61 Å². The Labute approximate surface area is 150 Å². The molecule has 4 heteroatoms. The van der Waals surface area contributed by atoms with Gasteiger partial charge in [0.15, 0.2) is 5.78 Å². The maximum Gasteiger partial charge on any atom is 0.188 e. The van der Waals surface area contributed by atoms with Gasteiger partial charge in [-0.1, -0.05) is 48.5 Å². The molecule has 0 aromatic heterocycles. The van der Waals surface area contributed by atoms with E-state index in [-0.39, 0.29) is 5.56 Å². The predicted molar refractivity (Wildman–Crippen MR) is 96.9 cm³/mol. The topological polar surface area (TPSA) is 26.3 Å². The van der Waals surface area contributed by atoms with Gasteiger partial charge >= 0.3 is 0 Å². The van der Waals surface area contributed by atoms with Crippen molar-refractivity contribution in [3.05, 3.63) is 107 Å². The lowest BCUT2D eigenvalue weighted by Gasteiger charge is -2.07. The lowest BCUT2D eigenvalue weighted by Crippen LogP contribution is -1.99. The molecule has 3 aromatic rings. The van der Waals surface area contributed by atoms with E-state index < -0.39 is 17.4 Å². The van der Waals surface area contributed by atoms with Crippen LogP contribution in [-0.2, 0) is 6.61 Å². The number of hydrogen-bond donors (Lipinski definition) is 0. The van der Waals surface area contributed by atoms with E-state index in [4.69, 9.17) is 4.74 Å². The van der Waals surface area contributed by atoms with Gasteiger partial charge in [0.2, 0.25) is 0 Å². The highest BCUT2D eigenvalue weighted by atomic mass is 19.1. The van der Waals surface area contributed by atoms with Gasteiger partial charge in [-0.2, -0.15) is 0 Å². The van der Waals surface area contributed by atoms with Crippen molar-refractivity contribution in [2.24, 2.45) is 0 Å². The van der Waals surface area contributed by atoms with Crippen molar-refractivity contribution in [3.63, 3.8) is 0 Å². The van der Waals surface area contributed by atoms with Crippen molar-refractivity contribution < 1.29 is 18.3 Å². The number of ketones is 1. The van der Waals surface area contributed by atoms with Gasteiger partial charge in [-0.15, -0.1) is 0 Å². The van der Waals surface area contributed by atoms with Gasteiger partial charge < -0.3 is 4.74 Å². The van der Waals surface area contributed by atoms with Gasteiger partial charge in [0.05, 0.1) is 5.56 Å². The number of ether oxygens (including phenoxy) is 1. The van der Waals surface area contributed by atoms with E-state index in [9.17, 15) is 13.6 Å². The van der Waals surface area contributed by atoms with Crippen molar-refractivity contribution in [2.75, 3.05) is 0 Å². The highest BCUT2D eigenvalue weighted by Crippen LogP contribution is 2.17. The van der Waals surface area contributed by atoms with E-state index in [0.29, 0.717) is 12.4 Å². The molecule has 0 atom stereocenters. The largest absolute Gasteiger partial charge is 0.489 e. The maximum atomic E-state index is 13.6. The minimum atomic E-state index is -0.749. The molecule has 130 valence electrons. The van der Waals surface area contributed by atoms with Crippen LogP contribution in [0.5, 0.6) is 5.75 Å². The number of rotatable bonds is 6. The molecule has 26 heavy (non-hydrogen) atoms. The third kappa shape index (κ3) is 4.63. The fourth-order valence-corrected chi connectivity index (χ4v) is 2.40. The summed E-state index contributed by atoms with van der Waals surface area (Å²) >= 11 is 0. The van der Waals surface area contributed by atoms with Gasteiger partial charge in [-0.3, -0.25) is 4.79 Å². The molecule has 0 radical (unpaired) electrons. The molecule has 0 bridgehead atoms. The molecular formula is C22H16F2O2. The zero-order valence-corrected chi connectivity index (χ0v) is 13.9. The van der Waals surface area contributed by atoms with E-state index in [2.05, 4.69) is 0 Å². The minimum Gasteiger partial charge on any atom is -0.489 e. The fraction of sp³-hybridized carbons (Fsp3) is 0.0455. The number of halogens is 2. The lowest BCUT2D eigenvalue weighted by atomic mass is 10.1. The molecule has 3 aromatic carbocycles. The lowest BCUT2D eigenvalue weighted by molar-refractivity contribution is 0.104. The normalized spacial score (nSPS) is 10.8. The number of carbonyl (C=O) groups excluding carboxylic acids is 1. The first kappa shape index (κ1) is 17.5. The zero-order chi connectivity index (χ0) is 18.4. The molecule has 0 amide bonds. The van der Waals surface area contributed by atoms with Crippen molar-refractivity contribution in [1.29, 1.82) is 0 Å². The standard InChI is InChI=1S/C22H16F2O2/c23-18-10-11-21(24)20(14-18)22(25)12-9-16-7-4-8-19(13-16)26-15-17-5-2-1-3-6-17/h1-14H,15H2. The van der Waals surface area contributed by atoms with Gasteiger partial charge in [0.1, 0.15) is 24.0 Å². The Morgan fingerprint density at radius 1 is 0.923 bits per heavy atom. The van der Waals surface area contributed by atoms with Gasteiger partial charge in [0.25, 0.3) is 0 Å². The molecule has 0 aliphatic heterocycles. The smallest absolute Gasteiger partial charge is 0.188 e. The molecule has 0 heterocycles. The first-order chi connectivity index (χ1) is 12.6. The molecule has 0 unspecified atom stereocenters. The Morgan fingerprint density at radius 3 is 2.54 bits per heavy atom. The van der Waals surface area contributed by atoms with Crippen LogP contribution in [0.2, 0.25) is 0 Å². The molecule has 0 aliphatic carbocycles. The highest BCUT2D eigenvalue weighted by Gasteiger charge is 2.10. The van der Waals surface area contributed by atoms with Crippen molar-refractivity contribution >= 4 is 11.9 Å². The molecule has 0 aliphatic rings. The van der Waals surface area contributed by atoms with E-state index in [1.54, 1.807) is 24.3 Å². The zero-order valence-electron chi connectivity index (χ0n) is 13.9. The molecule has 0 spiro atoms. The summed E-state index contributed by atoms with van der Waals surface area (Å²) in [5.74, 6) is -1.35. The van der Waals surface area contributed by atoms with Crippen LogP contribution in [-0.4, -0.2) is 5.78 Å². The Morgan fingerprint density at radius 2 is 1.73 bits per heavy atom. The second-order valence-electron chi connectivity index (χ2n) is 5.67. The van der Waals surface area contributed by atoms with E-state index in [1.807, 2.05) is 36.4 Å². The summed E-state index contributed by atoms with van der Waals surface area (Å²) in [6, 6.07) is 19.7. The second-order valence-corrected chi connectivity index (χ2v) is 5.67. The summed E-state index contributed by atoms with van der Waals surface area (Å²) in [4.78, 5) is 12.1. The van der Waals surface area contributed by atoms with Crippen LogP contribution >= 0.6 is 0 Å². The molecular weight excluding hydrogens is 334 g/mol. The first-order valence-corrected chi connectivity index (χ1v) is 8.06. The number of benzene rings is 3. The Hall–Kier alpha value is -3.27. The summed E-state index contributed by atoms with van der Waals surface area (Å²) in [6.07, 6.45) is 2.76. The second kappa shape index (κ2) is 8.21. The van der Waals surface area contributed by atoms with Crippen LogP contribution < -0.4 is 4.74 Å². The number of allylic oxidation sites excluding steroid dienone is 1. The summed E-state index contributed by atoms with van der Waals surface area (Å²) in [5, 5.41) is 0. The average molecular weight is 350 g/mol. The average Bonchev–Trinajstić information content (AvgIpc) is 2.67. The van der Waals surface area contributed by atoms with Crippen molar-refractivity contribution in [1.82, 2.24) is 0 Å². The van der Waals surface area contributed by atoms with Crippen LogP contribution in [0.1, 0.15) is 21.5 Å². The fourth-order valence-electron chi connectivity index (χ4n) is 2.40. The van der Waals surface area contributed by atoms with Crippen LogP contribution in [0.15, 0.2) is 78.9 Å². The molecule has 3 rings (SSSR count). The summed E-state index contributed by atoms with van der Waals surface area (Å²) in [6.45, 7) is 0.432. The summed E-state index contributed by atoms with van der Waals surface area (Å²) in [5.41, 5.74) is 1.48. The van der Waals surface area contributed by atoms with Gasteiger partial charge in [0, 0.05) is 0 Å². The van der Waals surface area contributed by atoms with Crippen LogP contribution in [0.3, 0.4) is 0 Å². The van der Waals surface area contributed by atoms with Gasteiger partial charge in [-0.25, -0.2) is 8.78 Å². The molecule has 0 N–H and O–H groups in total. The van der Waals surface area contributed by atoms with Gasteiger partial charge in [-0.05, 0) is 47.5 Å². The Balaban J connectivity index is 1.69. The maximum absolute atomic E-state index is 13.6. The van der Waals surface area contributed by atoms with Crippen molar-refractivity contribution in [3.8, 4) is 5.75 Å². The SMILES string of the molecule is O=C(C=Cc1cccc(OCc2ccccc2)c1)c1cc(F)ccc1F. The minimum absolute atomic E-state index is 0.294. The third-order valence-corrected chi connectivity index (χ3v) is 3.73. The predicted octanol–water partition coefficient (Wildman–Crippen LogP) is 5.44. The first-order valence-electron chi connectivity index (χ1n) is 8.06. The van der Waals surface area contributed by atoms with E-state index >= 15 is 0 Å². The molecule has 0 saturated heterocycles. The van der Waals surface area contributed by atoms with Crippen LogP contribution in [0.25, 0.3) is 6.08 Å². The number of hydrogen-bond acceptors (Lipinski definition) is 2. The van der Waals surface area contributed by atoms with E-state index in [1.165, 1.54) is 6.08 Å². The van der Waals surface area contributed by atoms with Crippen LogP contribution in [0, 0.1) is 11.6 Å². The molecule has 0 saturated carbocycles. The summed E-state index contributed by atoms with van der Waals surface area (Å²) < 4.78 is 32.5. The number of carbonyl (C=O) groups is 1. The third-order valence-electron chi connectivity index (χ3n) is 3.73. The highest BCUT2D eigenvalue weighted by molar-refractivity contribution is 6.07. The Bertz CT molecular complexity index is 934. The quantitative estimate of drug-likeness (QED) is 0.437. The molecule has 0 fully saturated rings.